The summed E-state index contributed by atoms with van der Waals surface area (Å²) in [7, 11) is 3.41. The van der Waals surface area contributed by atoms with Crippen LogP contribution >= 0.6 is 0 Å². The van der Waals surface area contributed by atoms with Crippen LogP contribution in [0.3, 0.4) is 0 Å². The van der Waals surface area contributed by atoms with Crippen LogP contribution in [-0.2, 0) is 13.5 Å². The molecule has 0 atom stereocenters. The average Bonchev–Trinajstić information content (AvgIpc) is 2.77. The van der Waals surface area contributed by atoms with E-state index in [1.807, 2.05) is 24.3 Å². The fourth-order valence-corrected chi connectivity index (χ4v) is 1.58. The Morgan fingerprint density at radius 3 is 2.53 bits per heavy atom. The molecular weight excluding hydrogens is 216 g/mol. The van der Waals surface area contributed by atoms with Crippen molar-refractivity contribution in [3.63, 3.8) is 0 Å². The van der Waals surface area contributed by atoms with Crippen LogP contribution in [0.15, 0.2) is 36.5 Å². The molecule has 88 valence electrons. The van der Waals surface area contributed by atoms with Gasteiger partial charge in [0.25, 0.3) is 0 Å². The number of carbonyl (C=O) groups excluding carboxylic acids is 1. The summed E-state index contributed by atoms with van der Waals surface area (Å²) in [5, 5.41) is 4.08. The highest BCUT2D eigenvalue weighted by Gasteiger charge is 2.09. The first kappa shape index (κ1) is 11.4. The summed E-state index contributed by atoms with van der Waals surface area (Å²) < 4.78 is 6.69. The maximum Gasteiger partial charge on any atom is 0.187 e. The number of rotatable bonds is 4. The van der Waals surface area contributed by atoms with Gasteiger partial charge < -0.3 is 4.74 Å². The number of nitrogens with zero attached hydrogens (tertiary/aromatic N) is 2. The lowest BCUT2D eigenvalue weighted by atomic mass is 10.1. The summed E-state index contributed by atoms with van der Waals surface area (Å²) in [6.07, 6.45) is 2.13. The van der Waals surface area contributed by atoms with Gasteiger partial charge in [0.05, 0.1) is 7.11 Å². The lowest BCUT2D eigenvalue weighted by Crippen LogP contribution is -2.05. The number of ether oxygens (including phenoxy) is 1. The molecule has 0 aliphatic carbocycles. The minimum absolute atomic E-state index is 0.0239. The Kier molecular flexibility index (Phi) is 3.23. The van der Waals surface area contributed by atoms with Crippen molar-refractivity contribution in [1.29, 1.82) is 0 Å². The number of ketones is 1. The monoisotopic (exact) mass is 230 g/mol. The number of benzene rings is 1. The largest absolute Gasteiger partial charge is 0.497 e. The summed E-state index contributed by atoms with van der Waals surface area (Å²) in [4.78, 5) is 11.9. The standard InChI is InChI=1S/C13H14N2O2/c1-15-8-7-12(14-15)13(16)9-10-3-5-11(17-2)6-4-10/h3-8H,9H2,1-2H3. The smallest absolute Gasteiger partial charge is 0.187 e. The van der Waals surface area contributed by atoms with Crippen LogP contribution in [0.25, 0.3) is 0 Å². The molecule has 0 amide bonds. The fraction of sp³-hybridized carbons (Fsp3) is 0.231. The maximum absolute atomic E-state index is 11.9. The lowest BCUT2D eigenvalue weighted by Gasteiger charge is -2.01. The molecule has 0 fully saturated rings. The molecule has 0 aliphatic heterocycles. The van der Waals surface area contributed by atoms with Crippen LogP contribution in [0.5, 0.6) is 5.75 Å². The lowest BCUT2D eigenvalue weighted by molar-refractivity contribution is 0.0987. The van der Waals surface area contributed by atoms with E-state index >= 15 is 0 Å². The molecule has 0 radical (unpaired) electrons. The van der Waals surface area contributed by atoms with E-state index in [0.29, 0.717) is 12.1 Å². The molecular formula is C13H14N2O2. The van der Waals surface area contributed by atoms with Gasteiger partial charge in [-0.2, -0.15) is 5.10 Å². The van der Waals surface area contributed by atoms with Crippen molar-refractivity contribution < 1.29 is 9.53 Å². The van der Waals surface area contributed by atoms with E-state index in [9.17, 15) is 4.79 Å². The average molecular weight is 230 g/mol. The van der Waals surface area contributed by atoms with Crippen molar-refractivity contribution in [2.45, 2.75) is 6.42 Å². The summed E-state index contributed by atoms with van der Waals surface area (Å²) in [6, 6.07) is 9.20. The van der Waals surface area contributed by atoms with E-state index < -0.39 is 0 Å². The van der Waals surface area contributed by atoms with E-state index in [1.165, 1.54) is 0 Å². The van der Waals surface area contributed by atoms with Crippen LogP contribution in [0.2, 0.25) is 0 Å². The number of carbonyl (C=O) groups is 1. The topological polar surface area (TPSA) is 44.1 Å². The van der Waals surface area contributed by atoms with Gasteiger partial charge >= 0.3 is 0 Å². The summed E-state index contributed by atoms with van der Waals surface area (Å²) in [6.45, 7) is 0. The van der Waals surface area contributed by atoms with Gasteiger partial charge in [-0.3, -0.25) is 9.48 Å². The number of methoxy groups -OCH3 is 1. The number of aromatic nitrogens is 2. The van der Waals surface area contributed by atoms with Gasteiger partial charge in [0.2, 0.25) is 0 Å². The first-order valence-corrected chi connectivity index (χ1v) is 5.35. The number of hydrogen-bond donors (Lipinski definition) is 0. The highest BCUT2D eigenvalue weighted by Crippen LogP contribution is 2.13. The van der Waals surface area contributed by atoms with Gasteiger partial charge in [0.1, 0.15) is 11.4 Å². The van der Waals surface area contributed by atoms with Gasteiger partial charge in [-0.05, 0) is 23.8 Å². The first-order chi connectivity index (χ1) is 8.19. The zero-order chi connectivity index (χ0) is 12.3. The van der Waals surface area contributed by atoms with E-state index in [4.69, 9.17) is 4.74 Å². The van der Waals surface area contributed by atoms with Crippen LogP contribution < -0.4 is 4.74 Å². The van der Waals surface area contributed by atoms with Gasteiger partial charge in [-0.25, -0.2) is 0 Å². The molecule has 2 aromatic rings. The zero-order valence-corrected chi connectivity index (χ0v) is 9.88. The van der Waals surface area contributed by atoms with E-state index in [-0.39, 0.29) is 5.78 Å². The molecule has 17 heavy (non-hydrogen) atoms. The third-order valence-corrected chi connectivity index (χ3v) is 2.52. The van der Waals surface area contributed by atoms with E-state index in [1.54, 1.807) is 31.1 Å². The second-order valence-corrected chi connectivity index (χ2v) is 3.82. The minimum atomic E-state index is 0.0239. The van der Waals surface area contributed by atoms with E-state index in [2.05, 4.69) is 5.10 Å². The summed E-state index contributed by atoms with van der Waals surface area (Å²) in [5.74, 6) is 0.815. The van der Waals surface area contributed by atoms with Crippen LogP contribution in [0.1, 0.15) is 16.1 Å². The molecule has 1 aromatic heterocycles. The van der Waals surface area contributed by atoms with Gasteiger partial charge in [0.15, 0.2) is 5.78 Å². The van der Waals surface area contributed by atoms with Crippen molar-refractivity contribution >= 4 is 5.78 Å². The molecule has 1 heterocycles. The van der Waals surface area contributed by atoms with Crippen molar-refractivity contribution in [1.82, 2.24) is 9.78 Å². The number of aryl methyl sites for hydroxylation is 1. The Hall–Kier alpha value is -2.10. The van der Waals surface area contributed by atoms with Crippen LogP contribution in [0.4, 0.5) is 0 Å². The minimum Gasteiger partial charge on any atom is -0.497 e. The third kappa shape index (κ3) is 2.72. The van der Waals surface area contributed by atoms with Gasteiger partial charge in [0, 0.05) is 19.7 Å². The summed E-state index contributed by atoms with van der Waals surface area (Å²) in [5.41, 5.74) is 1.46. The number of Topliss-reactive ketones (excluding diaryl/α,β-unsaturated/α-hetero) is 1. The molecule has 0 saturated heterocycles. The number of hydrogen-bond acceptors (Lipinski definition) is 3. The van der Waals surface area contributed by atoms with Gasteiger partial charge in [-0.15, -0.1) is 0 Å². The molecule has 2 rings (SSSR count). The van der Waals surface area contributed by atoms with E-state index in [0.717, 1.165) is 11.3 Å². The predicted molar refractivity (Wildman–Crippen MR) is 64.2 cm³/mol. The Bertz CT molecular complexity index is 514. The highest BCUT2D eigenvalue weighted by molar-refractivity contribution is 5.95. The SMILES string of the molecule is COc1ccc(CC(=O)c2ccn(C)n2)cc1. The quantitative estimate of drug-likeness (QED) is 0.753. The molecule has 4 heteroatoms. The highest BCUT2D eigenvalue weighted by atomic mass is 16.5. The van der Waals surface area contributed by atoms with Crippen LogP contribution in [-0.4, -0.2) is 22.7 Å². The molecule has 0 unspecified atom stereocenters. The molecule has 0 saturated carbocycles. The maximum atomic E-state index is 11.9. The van der Waals surface area contributed by atoms with Gasteiger partial charge in [-0.1, -0.05) is 12.1 Å². The second-order valence-electron chi connectivity index (χ2n) is 3.82. The van der Waals surface area contributed by atoms with Crippen molar-refractivity contribution in [2.24, 2.45) is 7.05 Å². The third-order valence-electron chi connectivity index (χ3n) is 2.52. The molecule has 1 aromatic carbocycles. The van der Waals surface area contributed by atoms with Crippen molar-refractivity contribution in [3.8, 4) is 5.75 Å². The normalized spacial score (nSPS) is 10.2. The Morgan fingerprint density at radius 2 is 2.00 bits per heavy atom. The van der Waals surface area contributed by atoms with Crippen molar-refractivity contribution in [3.05, 3.63) is 47.8 Å². The van der Waals surface area contributed by atoms with Crippen LogP contribution in [0, 0.1) is 0 Å². The molecule has 4 nitrogen and oxygen atoms in total. The van der Waals surface area contributed by atoms with Crippen molar-refractivity contribution in [2.75, 3.05) is 7.11 Å². The predicted octanol–water partition coefficient (Wildman–Crippen LogP) is 1.85. The second kappa shape index (κ2) is 4.82. The molecule has 0 bridgehead atoms. The molecule has 0 aliphatic rings. The Morgan fingerprint density at radius 1 is 1.29 bits per heavy atom. The first-order valence-electron chi connectivity index (χ1n) is 5.35. The summed E-state index contributed by atoms with van der Waals surface area (Å²) >= 11 is 0. The Balaban J connectivity index is 2.07. The molecule has 0 spiro atoms. The molecule has 0 N–H and O–H groups in total. The Labute approximate surface area is 99.8 Å². The zero-order valence-electron chi connectivity index (χ0n) is 9.88. The fourth-order valence-electron chi connectivity index (χ4n) is 1.58.